The highest BCUT2D eigenvalue weighted by atomic mass is 35.5. The average Bonchev–Trinajstić information content (AvgIpc) is 3.03. The Balaban J connectivity index is 1.58. The molecule has 10 nitrogen and oxygen atoms in total. The van der Waals surface area contributed by atoms with Crippen molar-refractivity contribution in [3.8, 4) is 11.3 Å². The number of fused-ring (bicyclic) bond motifs is 3. The van der Waals surface area contributed by atoms with E-state index in [1.54, 1.807) is 13.0 Å². The molecule has 1 aromatic carbocycles. The molecule has 0 unspecified atom stereocenters. The monoisotopic (exact) mass is 680 g/mol. The molecule has 0 fully saturated rings. The zero-order valence-electron chi connectivity index (χ0n) is 25.9. The Morgan fingerprint density at radius 2 is 1.69 bits per heavy atom. The molecule has 0 spiro atoms. The zero-order valence-corrected chi connectivity index (χ0v) is 28.4. The van der Waals surface area contributed by atoms with Crippen LogP contribution in [0.15, 0.2) is 36.7 Å². The van der Waals surface area contributed by atoms with Crippen molar-refractivity contribution in [2.45, 2.75) is 45.8 Å². The van der Waals surface area contributed by atoms with E-state index in [1.165, 1.54) is 28.3 Å². The van der Waals surface area contributed by atoms with E-state index >= 15 is 8.78 Å². The van der Waals surface area contributed by atoms with Gasteiger partial charge < -0.3 is 19.7 Å². The smallest absolute Gasteiger partial charge is 0.407 e. The number of hydrogen-bond donors (Lipinski definition) is 2. The van der Waals surface area contributed by atoms with Gasteiger partial charge >= 0.3 is 12.1 Å². The number of halogens is 4. The summed E-state index contributed by atoms with van der Waals surface area (Å²) in [5.41, 5.74) is 0.0736. The minimum absolute atomic E-state index is 0.0187. The number of benzene rings is 1. The fraction of sp³-hybridized carbons (Fsp3) is 0.400. The Morgan fingerprint density at radius 1 is 1.07 bits per heavy atom. The number of urea groups is 1. The van der Waals surface area contributed by atoms with Gasteiger partial charge in [-0.2, -0.15) is 0 Å². The van der Waals surface area contributed by atoms with Crippen LogP contribution in [0.2, 0.25) is 28.2 Å². The van der Waals surface area contributed by atoms with Crippen LogP contribution in [-0.4, -0.2) is 73.2 Å². The number of nitrogens with one attached hydrogen (secondary N) is 1. The molecule has 1 aliphatic rings. The molecular formula is C30H36Cl2F2N6O4Si. The second-order valence-electron chi connectivity index (χ2n) is 12.0. The minimum Gasteiger partial charge on any atom is -0.465 e. The van der Waals surface area contributed by atoms with Crippen LogP contribution in [0, 0.1) is 11.6 Å². The van der Waals surface area contributed by atoms with Crippen LogP contribution < -0.4 is 15.1 Å². The van der Waals surface area contributed by atoms with Crippen LogP contribution in [0.1, 0.15) is 27.7 Å². The standard InChI is InChI=1S/C30H36Cl2F2N6O4Si/c1-7-39-27-21(12-18(31)17-37-27)25-24(13-19(32)16-36-25)40(28(39)41)26-22(33)14-20(15-23(26)34)35-8-9-38(29(42)43)10-11-44-45(5,6)30(2,3)4/h12-17,35H,7-11H2,1-6H3,(H,42,43). The van der Waals surface area contributed by atoms with Crippen LogP contribution >= 0.6 is 23.2 Å². The fourth-order valence-corrected chi connectivity index (χ4v) is 5.94. The molecule has 0 aliphatic carbocycles. The van der Waals surface area contributed by atoms with Gasteiger partial charge in [0, 0.05) is 49.8 Å². The molecule has 242 valence electrons. The molecule has 2 N–H and O–H groups in total. The number of aromatic nitrogens is 2. The molecule has 3 heterocycles. The third kappa shape index (κ3) is 7.32. The predicted molar refractivity (Wildman–Crippen MR) is 176 cm³/mol. The molecule has 45 heavy (non-hydrogen) atoms. The highest BCUT2D eigenvalue weighted by Crippen LogP contribution is 2.45. The van der Waals surface area contributed by atoms with Gasteiger partial charge in [-0.15, -0.1) is 0 Å². The first kappa shape index (κ1) is 34.4. The molecule has 0 atom stereocenters. The highest BCUT2D eigenvalue weighted by molar-refractivity contribution is 6.74. The zero-order chi connectivity index (χ0) is 33.3. The number of anilines is 4. The van der Waals surface area contributed by atoms with Crippen LogP contribution in [0.5, 0.6) is 0 Å². The van der Waals surface area contributed by atoms with Gasteiger partial charge in [0.25, 0.3) is 0 Å². The van der Waals surface area contributed by atoms with Crippen molar-refractivity contribution in [2.24, 2.45) is 0 Å². The first-order valence-electron chi connectivity index (χ1n) is 14.3. The Bertz CT molecular complexity index is 1580. The quantitative estimate of drug-likeness (QED) is 0.207. The van der Waals surface area contributed by atoms with Crippen molar-refractivity contribution >= 4 is 66.5 Å². The van der Waals surface area contributed by atoms with E-state index in [0.717, 1.165) is 17.0 Å². The summed E-state index contributed by atoms with van der Waals surface area (Å²) in [6.07, 6.45) is 1.59. The summed E-state index contributed by atoms with van der Waals surface area (Å²) in [7, 11) is -2.05. The van der Waals surface area contributed by atoms with E-state index < -0.39 is 37.8 Å². The minimum atomic E-state index is -2.05. The van der Waals surface area contributed by atoms with Gasteiger partial charge in [-0.05, 0) is 49.3 Å². The lowest BCUT2D eigenvalue weighted by Crippen LogP contribution is -2.44. The number of carbonyl (C=O) groups excluding carboxylic acids is 1. The normalized spacial score (nSPS) is 13.3. The van der Waals surface area contributed by atoms with E-state index in [0.29, 0.717) is 5.56 Å². The molecule has 4 rings (SSSR count). The third-order valence-electron chi connectivity index (χ3n) is 8.01. The van der Waals surface area contributed by atoms with Crippen molar-refractivity contribution < 1.29 is 27.9 Å². The largest absolute Gasteiger partial charge is 0.465 e. The Kier molecular flexibility index (Phi) is 10.3. The summed E-state index contributed by atoms with van der Waals surface area (Å²) in [5, 5.41) is 12.9. The van der Waals surface area contributed by atoms with Gasteiger partial charge in [0.05, 0.1) is 28.0 Å². The summed E-state index contributed by atoms with van der Waals surface area (Å²) >= 11 is 12.5. The molecular weight excluding hydrogens is 645 g/mol. The molecule has 15 heteroatoms. The van der Waals surface area contributed by atoms with E-state index in [-0.39, 0.29) is 70.8 Å². The lowest BCUT2D eigenvalue weighted by atomic mass is 10.1. The average molecular weight is 682 g/mol. The summed E-state index contributed by atoms with van der Waals surface area (Å²) < 4.78 is 37.7. The van der Waals surface area contributed by atoms with Gasteiger partial charge in [0.1, 0.15) is 11.5 Å². The molecule has 0 bridgehead atoms. The lowest BCUT2D eigenvalue weighted by Gasteiger charge is -2.36. The van der Waals surface area contributed by atoms with Crippen molar-refractivity contribution in [3.63, 3.8) is 0 Å². The fourth-order valence-electron chi connectivity index (χ4n) is 4.59. The number of amides is 3. The summed E-state index contributed by atoms with van der Waals surface area (Å²) in [4.78, 5) is 37.7. The molecule has 1 aliphatic heterocycles. The van der Waals surface area contributed by atoms with Crippen molar-refractivity contribution in [3.05, 3.63) is 58.3 Å². The van der Waals surface area contributed by atoms with Crippen LogP contribution in [0.25, 0.3) is 11.3 Å². The maximum atomic E-state index is 15.8. The molecule has 0 radical (unpaired) electrons. The Morgan fingerprint density at radius 3 is 2.29 bits per heavy atom. The Hall–Kier alpha value is -3.52. The number of pyridine rings is 2. The Labute approximate surface area is 272 Å². The van der Waals surface area contributed by atoms with Gasteiger partial charge in [0.15, 0.2) is 20.0 Å². The van der Waals surface area contributed by atoms with Crippen LogP contribution in [-0.2, 0) is 4.43 Å². The summed E-state index contributed by atoms with van der Waals surface area (Å²) in [6, 6.07) is 4.28. The summed E-state index contributed by atoms with van der Waals surface area (Å²) in [6.45, 7) is 12.8. The topological polar surface area (TPSA) is 111 Å². The second kappa shape index (κ2) is 13.5. The number of hydrogen-bond acceptors (Lipinski definition) is 6. The first-order chi connectivity index (χ1) is 21.1. The number of rotatable bonds is 10. The lowest BCUT2D eigenvalue weighted by molar-refractivity contribution is 0.135. The maximum absolute atomic E-state index is 15.8. The molecule has 0 saturated heterocycles. The number of carbonyl (C=O) groups is 2. The van der Waals surface area contributed by atoms with E-state index in [9.17, 15) is 14.7 Å². The van der Waals surface area contributed by atoms with Crippen LogP contribution in [0.4, 0.5) is 41.2 Å². The number of carboxylic acid groups (broad SMARTS) is 1. The van der Waals surface area contributed by atoms with E-state index in [4.69, 9.17) is 27.6 Å². The maximum Gasteiger partial charge on any atom is 0.407 e. The van der Waals surface area contributed by atoms with Crippen molar-refractivity contribution in [1.82, 2.24) is 14.9 Å². The third-order valence-corrected chi connectivity index (χ3v) is 13.0. The van der Waals surface area contributed by atoms with E-state index in [2.05, 4.69) is 49.1 Å². The SMILES string of the molecule is CCN1C(=O)N(c2c(F)cc(NCCN(CCO[Si](C)(C)C(C)(C)C)C(=O)O)cc2F)c2cc(Cl)cnc2-c2cc(Cl)cnc21. The molecule has 3 amide bonds. The predicted octanol–water partition coefficient (Wildman–Crippen LogP) is 8.24. The first-order valence-corrected chi connectivity index (χ1v) is 18.0. The highest BCUT2D eigenvalue weighted by Gasteiger charge is 2.38. The van der Waals surface area contributed by atoms with Crippen molar-refractivity contribution in [1.29, 1.82) is 0 Å². The van der Waals surface area contributed by atoms with Gasteiger partial charge in [-0.3, -0.25) is 14.8 Å². The van der Waals surface area contributed by atoms with Gasteiger partial charge in [0.2, 0.25) is 0 Å². The van der Waals surface area contributed by atoms with E-state index in [1.807, 2.05) is 0 Å². The van der Waals surface area contributed by atoms with Crippen molar-refractivity contribution in [2.75, 3.05) is 47.9 Å². The number of nitrogens with zero attached hydrogens (tertiary/aromatic N) is 5. The van der Waals surface area contributed by atoms with Gasteiger partial charge in [-0.25, -0.2) is 23.4 Å². The summed E-state index contributed by atoms with van der Waals surface area (Å²) in [5.74, 6) is -1.85. The van der Waals surface area contributed by atoms with Gasteiger partial charge in [-0.1, -0.05) is 44.0 Å². The molecule has 2 aromatic heterocycles. The molecule has 0 saturated carbocycles. The molecule has 3 aromatic rings. The van der Waals surface area contributed by atoms with Crippen LogP contribution in [0.3, 0.4) is 0 Å². The second-order valence-corrected chi connectivity index (χ2v) is 17.7.